The first-order chi connectivity index (χ1) is 19.1. The molecule has 1 N–H and O–H groups in total. The van der Waals surface area contributed by atoms with Crippen LogP contribution in [0.4, 0.5) is 0 Å². The van der Waals surface area contributed by atoms with Gasteiger partial charge in [-0.05, 0) is 76.6 Å². The van der Waals surface area contributed by atoms with Gasteiger partial charge in [-0.15, -0.1) is 0 Å². The van der Waals surface area contributed by atoms with Crippen molar-refractivity contribution in [2.45, 2.75) is 13.8 Å². The third-order valence-electron chi connectivity index (χ3n) is 4.93. The highest BCUT2D eigenvalue weighted by molar-refractivity contribution is 9.10. The zero-order chi connectivity index (χ0) is 29.7. The van der Waals surface area contributed by atoms with Crippen LogP contribution in [0.1, 0.15) is 55.7 Å². The van der Waals surface area contributed by atoms with Gasteiger partial charge in [0.15, 0.2) is 27.8 Å². The molecule has 4 rings (SSSR count). The van der Waals surface area contributed by atoms with Crippen LogP contribution in [0.2, 0.25) is 0 Å². The van der Waals surface area contributed by atoms with Gasteiger partial charge in [0.1, 0.15) is 11.5 Å². The molecule has 40 heavy (non-hydrogen) atoms. The van der Waals surface area contributed by atoms with E-state index in [1.807, 2.05) is 0 Å². The number of hydrogen-bond donors (Lipinski definition) is 1. The average Bonchev–Trinajstić information content (AvgIpc) is 3.64. The van der Waals surface area contributed by atoms with E-state index in [4.69, 9.17) is 13.9 Å². The number of ketones is 2. The fraction of sp³-hybridized carbons (Fsp3) is 0.143. The molecule has 0 aliphatic carbocycles. The minimum atomic E-state index is -0.403. The lowest BCUT2D eigenvalue weighted by Crippen LogP contribution is -2.02. The Bertz CT molecular complexity index is 1420. The zero-order valence-corrected chi connectivity index (χ0v) is 23.6. The van der Waals surface area contributed by atoms with Gasteiger partial charge in [-0.3, -0.25) is 9.59 Å². The lowest BCUT2D eigenvalue weighted by Gasteiger charge is -2.02. The Morgan fingerprint density at radius 1 is 0.700 bits per heavy atom. The minimum Gasteiger partial charge on any atom is -0.537 e. The molecule has 2 aromatic heterocycles. The molecule has 0 saturated carbocycles. The maximum Gasteiger partial charge on any atom is 0.569 e. The predicted octanol–water partition coefficient (Wildman–Crippen LogP) is 5.56. The van der Waals surface area contributed by atoms with Crippen molar-refractivity contribution in [3.63, 3.8) is 0 Å². The molecule has 10 nitrogen and oxygen atoms in total. The Balaban J connectivity index is 0.000000224. The molecule has 207 valence electrons. The highest BCUT2D eigenvalue weighted by atomic mass is 79.9. The van der Waals surface area contributed by atoms with Crippen molar-refractivity contribution in [3.8, 4) is 17.1 Å². The molecule has 2 heterocycles. The average molecular weight is 612 g/mol. The Morgan fingerprint density at radius 2 is 1.18 bits per heavy atom. The van der Waals surface area contributed by atoms with E-state index in [-0.39, 0.29) is 17.5 Å². The number of carbonyl (C=O) groups excluding carboxylic acids is 4. The Hall–Kier alpha value is -4.42. The number of furan rings is 2. The molecule has 0 aliphatic rings. The van der Waals surface area contributed by atoms with Gasteiger partial charge in [-0.2, -0.15) is 0 Å². The zero-order valence-electron chi connectivity index (χ0n) is 22.0. The number of Topliss-reactive ketones (excluding diaryl/α,β-unsaturated/α-hetero) is 2. The van der Waals surface area contributed by atoms with E-state index in [1.54, 1.807) is 72.8 Å². The van der Waals surface area contributed by atoms with Crippen LogP contribution in [0.5, 0.6) is 5.75 Å². The van der Waals surface area contributed by atoms with Crippen molar-refractivity contribution in [1.29, 1.82) is 0 Å². The molecule has 12 heteroatoms. The van der Waals surface area contributed by atoms with E-state index in [1.165, 1.54) is 28.1 Å². The van der Waals surface area contributed by atoms with Crippen LogP contribution < -0.4 is 4.65 Å². The third kappa shape index (κ3) is 9.72. The van der Waals surface area contributed by atoms with Crippen LogP contribution >= 0.6 is 15.9 Å². The maximum atomic E-state index is 11.3. The van der Waals surface area contributed by atoms with Gasteiger partial charge in [0.2, 0.25) is 0 Å². The molecule has 0 amide bonds. The van der Waals surface area contributed by atoms with Crippen molar-refractivity contribution in [2.75, 3.05) is 14.2 Å². The highest BCUT2D eigenvalue weighted by Crippen LogP contribution is 2.23. The predicted molar refractivity (Wildman–Crippen MR) is 148 cm³/mol. The number of benzene rings is 2. The SMILES string of the molecule is CC(=O)c1ccc(Br)o1.COC(=O)c1ccc(-c2ccc(C(C)=O)o2)cc1.COC(=O)c1ccc(O[B]O)cc1. The van der Waals surface area contributed by atoms with E-state index in [9.17, 15) is 19.2 Å². The van der Waals surface area contributed by atoms with E-state index >= 15 is 0 Å². The van der Waals surface area contributed by atoms with Gasteiger partial charge in [-0.25, -0.2) is 9.59 Å². The Morgan fingerprint density at radius 3 is 1.55 bits per heavy atom. The number of carbonyl (C=O) groups is 4. The van der Waals surface area contributed by atoms with Crippen molar-refractivity contribution < 1.29 is 47.2 Å². The lowest BCUT2D eigenvalue weighted by atomic mass is 10.1. The second-order valence-electron chi connectivity index (χ2n) is 7.69. The first-order valence-corrected chi connectivity index (χ1v) is 12.3. The Kier molecular flexibility index (Phi) is 12.6. The molecular formula is C28H25BBrO10. The standard InChI is InChI=1S/C14H12O4.C8H8BO4.C6H5BrO2/c1-9(15)12-7-8-13(18-12)10-3-5-11(6-4-10)14(16)17-2;1-12-8(10)6-2-4-7(5-3-6)13-9-11;1-4(8)5-2-3-6(7)9-5/h3-8H,1-2H3;2-5,11H,1H3;2-3H,1H3. The van der Waals surface area contributed by atoms with E-state index < -0.39 is 5.97 Å². The van der Waals surface area contributed by atoms with Gasteiger partial charge in [-0.1, -0.05) is 12.1 Å². The number of esters is 2. The fourth-order valence-corrected chi connectivity index (χ4v) is 3.23. The molecule has 0 unspecified atom stereocenters. The van der Waals surface area contributed by atoms with Crippen LogP contribution in [0.25, 0.3) is 11.3 Å². The van der Waals surface area contributed by atoms with Crippen molar-refractivity contribution >= 4 is 47.1 Å². The summed E-state index contributed by atoms with van der Waals surface area (Å²) in [6.45, 7) is 2.91. The summed E-state index contributed by atoms with van der Waals surface area (Å²) >= 11 is 3.08. The van der Waals surface area contributed by atoms with Crippen LogP contribution in [0, 0.1) is 0 Å². The van der Waals surface area contributed by atoms with E-state index in [0.29, 0.717) is 46.5 Å². The van der Waals surface area contributed by atoms with Crippen LogP contribution in [0.3, 0.4) is 0 Å². The molecule has 0 fully saturated rings. The summed E-state index contributed by atoms with van der Waals surface area (Å²) < 4.78 is 24.7. The van der Waals surface area contributed by atoms with Gasteiger partial charge >= 0.3 is 19.6 Å². The molecule has 1 radical (unpaired) electrons. The summed E-state index contributed by atoms with van der Waals surface area (Å²) in [6.07, 6.45) is 0. The van der Waals surface area contributed by atoms with Crippen LogP contribution in [-0.2, 0) is 9.47 Å². The van der Waals surface area contributed by atoms with Gasteiger partial charge in [0.05, 0.1) is 25.3 Å². The molecule has 0 spiro atoms. The molecule has 0 bridgehead atoms. The Labute approximate surface area is 239 Å². The molecule has 0 saturated heterocycles. The molecule has 2 aromatic carbocycles. The largest absolute Gasteiger partial charge is 0.569 e. The van der Waals surface area contributed by atoms with Gasteiger partial charge in [0, 0.05) is 19.4 Å². The monoisotopic (exact) mass is 611 g/mol. The van der Waals surface area contributed by atoms with Gasteiger partial charge in [0.25, 0.3) is 0 Å². The molecule has 4 aromatic rings. The van der Waals surface area contributed by atoms with Crippen molar-refractivity contribution in [3.05, 3.63) is 100 Å². The van der Waals surface area contributed by atoms with E-state index in [0.717, 1.165) is 5.56 Å². The van der Waals surface area contributed by atoms with Crippen molar-refractivity contribution in [1.82, 2.24) is 0 Å². The minimum absolute atomic E-state index is 0.0549. The van der Waals surface area contributed by atoms with E-state index in [2.05, 4.69) is 30.1 Å². The maximum absolute atomic E-state index is 11.3. The van der Waals surface area contributed by atoms with Crippen LogP contribution in [0.15, 0.2) is 86.3 Å². The highest BCUT2D eigenvalue weighted by Gasteiger charge is 2.10. The third-order valence-corrected chi connectivity index (χ3v) is 5.35. The second-order valence-corrected chi connectivity index (χ2v) is 8.47. The summed E-state index contributed by atoms with van der Waals surface area (Å²) in [5.41, 5.74) is 1.71. The number of halogens is 1. The van der Waals surface area contributed by atoms with Gasteiger partial charge < -0.3 is 28.0 Å². The normalized spacial score (nSPS) is 9.65. The first-order valence-electron chi connectivity index (χ1n) is 11.5. The fourth-order valence-electron chi connectivity index (χ4n) is 2.92. The van der Waals surface area contributed by atoms with Crippen molar-refractivity contribution in [2.24, 2.45) is 0 Å². The number of methoxy groups -OCH3 is 2. The topological polar surface area (TPSA) is 142 Å². The molecule has 0 atom stereocenters. The quantitative estimate of drug-likeness (QED) is 0.160. The lowest BCUT2D eigenvalue weighted by molar-refractivity contribution is 0.0592. The molecular weight excluding hydrogens is 587 g/mol. The second kappa shape index (κ2) is 15.9. The number of rotatable bonds is 7. The summed E-state index contributed by atoms with van der Waals surface area (Å²) in [4.78, 5) is 43.9. The summed E-state index contributed by atoms with van der Waals surface area (Å²) in [6, 6.07) is 19.7. The summed E-state index contributed by atoms with van der Waals surface area (Å²) in [7, 11) is 3.23. The van der Waals surface area contributed by atoms with Crippen LogP contribution in [-0.4, -0.2) is 50.4 Å². The summed E-state index contributed by atoms with van der Waals surface area (Å²) in [5.74, 6) is 0.800. The number of ether oxygens (including phenoxy) is 2. The smallest absolute Gasteiger partial charge is 0.537 e. The molecule has 0 aliphatic heterocycles. The summed E-state index contributed by atoms with van der Waals surface area (Å²) in [5, 5.41) is 8.31. The first kappa shape index (κ1) is 31.8. The number of hydrogen-bond acceptors (Lipinski definition) is 10.